The SMILES string of the molecule is CCCCCCCCCCCCCCCC(=O)O[C@@H]1C[C@@H](CO)O[C@H]1n1ncc2c(=O)[nH]cnc21. The number of carbonyl (C=O) groups is 1. The smallest absolute Gasteiger partial charge is 0.306 e. The Morgan fingerprint density at radius 3 is 2.34 bits per heavy atom. The molecule has 1 aliphatic heterocycles. The minimum Gasteiger partial charge on any atom is -0.457 e. The van der Waals surface area contributed by atoms with E-state index < -0.39 is 18.4 Å². The number of aliphatic hydroxyl groups excluding tert-OH is 1. The molecule has 1 fully saturated rings. The van der Waals surface area contributed by atoms with Gasteiger partial charge in [-0.05, 0) is 6.42 Å². The van der Waals surface area contributed by atoms with Crippen LogP contribution in [0.15, 0.2) is 17.3 Å². The summed E-state index contributed by atoms with van der Waals surface area (Å²) in [4.78, 5) is 31.2. The molecule has 0 aromatic carbocycles. The summed E-state index contributed by atoms with van der Waals surface area (Å²) in [6.45, 7) is 2.07. The van der Waals surface area contributed by atoms with Crippen molar-refractivity contribution in [3.63, 3.8) is 0 Å². The number of esters is 1. The second-order valence-corrected chi connectivity index (χ2v) is 9.65. The molecule has 0 radical (unpaired) electrons. The van der Waals surface area contributed by atoms with Crippen LogP contribution in [0, 0.1) is 0 Å². The van der Waals surface area contributed by atoms with Crippen molar-refractivity contribution in [1.82, 2.24) is 19.7 Å². The summed E-state index contributed by atoms with van der Waals surface area (Å²) in [6.07, 6.45) is 18.0. The van der Waals surface area contributed by atoms with Crippen LogP contribution in [0.2, 0.25) is 0 Å². The van der Waals surface area contributed by atoms with Crippen LogP contribution in [0.3, 0.4) is 0 Å². The maximum absolute atomic E-state index is 12.5. The van der Waals surface area contributed by atoms with E-state index in [0.717, 1.165) is 19.3 Å². The van der Waals surface area contributed by atoms with Gasteiger partial charge in [-0.25, -0.2) is 9.67 Å². The van der Waals surface area contributed by atoms with Crippen LogP contribution in [0.4, 0.5) is 0 Å². The molecule has 0 spiro atoms. The van der Waals surface area contributed by atoms with Crippen molar-refractivity contribution in [3.8, 4) is 0 Å². The number of aliphatic hydroxyl groups is 1. The van der Waals surface area contributed by atoms with Crippen molar-refractivity contribution in [2.45, 2.75) is 122 Å². The van der Waals surface area contributed by atoms with Crippen molar-refractivity contribution in [3.05, 3.63) is 22.9 Å². The molecule has 35 heavy (non-hydrogen) atoms. The molecule has 9 heteroatoms. The molecule has 1 saturated heterocycles. The van der Waals surface area contributed by atoms with Crippen molar-refractivity contribution in [2.75, 3.05) is 6.61 Å². The fourth-order valence-corrected chi connectivity index (χ4v) is 4.73. The van der Waals surface area contributed by atoms with Crippen LogP contribution in [-0.4, -0.2) is 49.6 Å². The van der Waals surface area contributed by atoms with Crippen LogP contribution in [-0.2, 0) is 14.3 Å². The number of ether oxygens (including phenoxy) is 2. The van der Waals surface area contributed by atoms with Crippen molar-refractivity contribution >= 4 is 17.0 Å². The second kappa shape index (κ2) is 15.0. The first-order valence-electron chi connectivity index (χ1n) is 13.5. The number of fused-ring (bicyclic) bond motifs is 1. The molecule has 0 amide bonds. The Morgan fingerprint density at radius 2 is 1.71 bits per heavy atom. The largest absolute Gasteiger partial charge is 0.457 e. The number of nitrogens with one attached hydrogen (secondary N) is 1. The van der Waals surface area contributed by atoms with Crippen LogP contribution >= 0.6 is 0 Å². The van der Waals surface area contributed by atoms with E-state index in [1.165, 1.54) is 81.4 Å². The predicted molar refractivity (Wildman–Crippen MR) is 134 cm³/mol. The molecule has 0 saturated carbocycles. The van der Waals surface area contributed by atoms with Gasteiger partial charge < -0.3 is 19.6 Å². The van der Waals surface area contributed by atoms with Gasteiger partial charge in [0, 0.05) is 12.8 Å². The Hall–Kier alpha value is -2.26. The van der Waals surface area contributed by atoms with Gasteiger partial charge in [-0.15, -0.1) is 0 Å². The fourth-order valence-electron chi connectivity index (χ4n) is 4.73. The highest BCUT2D eigenvalue weighted by Gasteiger charge is 2.40. The average molecular weight is 491 g/mol. The zero-order valence-electron chi connectivity index (χ0n) is 21.1. The third-order valence-corrected chi connectivity index (χ3v) is 6.75. The van der Waals surface area contributed by atoms with Gasteiger partial charge in [0.25, 0.3) is 5.56 Å². The number of carbonyl (C=O) groups excluding carboxylic acids is 1. The highest BCUT2D eigenvalue weighted by atomic mass is 16.6. The molecule has 2 N–H and O–H groups in total. The van der Waals surface area contributed by atoms with Crippen LogP contribution in [0.1, 0.15) is 109 Å². The Morgan fingerprint density at radius 1 is 1.09 bits per heavy atom. The van der Waals surface area contributed by atoms with Gasteiger partial charge in [-0.2, -0.15) is 5.10 Å². The molecule has 0 unspecified atom stereocenters. The fraction of sp³-hybridized carbons (Fsp3) is 0.769. The third kappa shape index (κ3) is 8.42. The lowest BCUT2D eigenvalue weighted by Crippen LogP contribution is -2.26. The summed E-state index contributed by atoms with van der Waals surface area (Å²) < 4.78 is 13.0. The first-order valence-corrected chi connectivity index (χ1v) is 13.5. The number of nitrogens with zero attached hydrogens (tertiary/aromatic N) is 3. The second-order valence-electron chi connectivity index (χ2n) is 9.65. The van der Waals surface area contributed by atoms with E-state index in [-0.39, 0.29) is 18.1 Å². The van der Waals surface area contributed by atoms with Crippen LogP contribution in [0.5, 0.6) is 0 Å². The maximum Gasteiger partial charge on any atom is 0.306 e. The number of aromatic nitrogens is 4. The maximum atomic E-state index is 12.5. The average Bonchev–Trinajstić information content (AvgIpc) is 3.46. The van der Waals surface area contributed by atoms with E-state index in [9.17, 15) is 14.7 Å². The van der Waals surface area contributed by atoms with E-state index in [2.05, 4.69) is 22.0 Å². The summed E-state index contributed by atoms with van der Waals surface area (Å²) in [5.41, 5.74) is 0.0591. The minimum absolute atomic E-state index is 0.184. The minimum atomic E-state index is -0.727. The highest BCUT2D eigenvalue weighted by molar-refractivity contribution is 5.73. The predicted octanol–water partition coefficient (Wildman–Crippen LogP) is 4.79. The molecule has 196 valence electrons. The van der Waals surface area contributed by atoms with Gasteiger partial charge in [-0.3, -0.25) is 9.59 Å². The van der Waals surface area contributed by atoms with Crippen LogP contribution in [0.25, 0.3) is 11.0 Å². The Kier molecular flexibility index (Phi) is 11.7. The number of hydrogen-bond acceptors (Lipinski definition) is 7. The van der Waals surface area contributed by atoms with E-state index in [4.69, 9.17) is 9.47 Å². The highest BCUT2D eigenvalue weighted by Crippen LogP contribution is 2.32. The molecule has 1 aliphatic rings. The summed E-state index contributed by atoms with van der Waals surface area (Å²) in [6, 6.07) is 0. The van der Waals surface area contributed by atoms with Gasteiger partial charge >= 0.3 is 5.97 Å². The number of H-pyrrole nitrogens is 1. The molecule has 2 aromatic heterocycles. The number of hydrogen-bond donors (Lipinski definition) is 2. The van der Waals surface area contributed by atoms with E-state index >= 15 is 0 Å². The van der Waals surface area contributed by atoms with Crippen molar-refractivity contribution in [1.29, 1.82) is 0 Å². The molecule has 2 aromatic rings. The quantitative estimate of drug-likeness (QED) is 0.242. The molecule has 9 nitrogen and oxygen atoms in total. The monoisotopic (exact) mass is 490 g/mol. The lowest BCUT2D eigenvalue weighted by molar-refractivity contribution is -0.155. The number of aromatic amines is 1. The van der Waals surface area contributed by atoms with E-state index in [0.29, 0.717) is 23.9 Å². The van der Waals surface area contributed by atoms with Crippen molar-refractivity contribution < 1.29 is 19.4 Å². The molecule has 3 rings (SSSR count). The zero-order chi connectivity index (χ0) is 24.9. The van der Waals surface area contributed by atoms with Crippen molar-refractivity contribution in [2.24, 2.45) is 0 Å². The standard InChI is InChI=1S/C26H42N4O5/c1-2-3-4-5-6-7-8-9-10-11-12-13-14-15-23(32)35-22-16-20(18-31)34-26(22)30-24-21(17-29-30)25(33)28-19-27-24/h17,19-20,22,26,31H,2-16,18H2,1H3,(H,27,28,33)/t20-,22+,26+/m0/s1. The molecule has 0 aliphatic carbocycles. The molecular weight excluding hydrogens is 448 g/mol. The lowest BCUT2D eigenvalue weighted by Gasteiger charge is -2.19. The van der Waals surface area contributed by atoms with Gasteiger partial charge in [0.1, 0.15) is 5.39 Å². The van der Waals surface area contributed by atoms with Gasteiger partial charge in [0.2, 0.25) is 0 Å². The lowest BCUT2D eigenvalue weighted by atomic mass is 10.0. The number of rotatable bonds is 17. The summed E-state index contributed by atoms with van der Waals surface area (Å²) >= 11 is 0. The molecule has 3 atom stereocenters. The topological polar surface area (TPSA) is 119 Å². The van der Waals surface area contributed by atoms with Gasteiger partial charge in [-0.1, -0.05) is 84.0 Å². The molecule has 0 bridgehead atoms. The van der Waals surface area contributed by atoms with E-state index in [1.807, 2.05) is 0 Å². The van der Waals surface area contributed by atoms with Crippen LogP contribution < -0.4 is 5.56 Å². The van der Waals surface area contributed by atoms with Gasteiger partial charge in [0.05, 0.1) is 25.2 Å². The Bertz CT molecular complexity index is 943. The zero-order valence-corrected chi connectivity index (χ0v) is 21.1. The number of unbranched alkanes of at least 4 members (excludes halogenated alkanes) is 12. The first-order chi connectivity index (χ1) is 17.1. The molecular formula is C26H42N4O5. The normalized spacial score (nSPS) is 20.0. The summed E-state index contributed by atoms with van der Waals surface area (Å²) in [7, 11) is 0. The summed E-state index contributed by atoms with van der Waals surface area (Å²) in [5.74, 6) is -0.271. The molecule has 3 heterocycles. The Balaban J connectivity index is 1.33. The van der Waals surface area contributed by atoms with Gasteiger partial charge in [0.15, 0.2) is 18.0 Å². The Labute approximate surface area is 207 Å². The first kappa shape index (κ1) is 27.3. The summed E-state index contributed by atoms with van der Waals surface area (Å²) in [5, 5.41) is 14.1. The third-order valence-electron chi connectivity index (χ3n) is 6.75. The van der Waals surface area contributed by atoms with E-state index in [1.54, 1.807) is 0 Å².